The van der Waals surface area contributed by atoms with Crippen molar-refractivity contribution < 1.29 is 19.4 Å². The van der Waals surface area contributed by atoms with Crippen LogP contribution in [-0.4, -0.2) is 57.6 Å². The number of ether oxygens (including phenoxy) is 1. The molecule has 2 unspecified atom stereocenters. The van der Waals surface area contributed by atoms with E-state index in [0.717, 1.165) is 46.9 Å². The Bertz CT molecular complexity index is 1420. The summed E-state index contributed by atoms with van der Waals surface area (Å²) < 4.78 is 6.14. The molecular formula is C40H58N2O4. The molecule has 252 valence electrons. The smallest absolute Gasteiger partial charge is 0.162 e. The molecule has 4 aliphatic rings. The number of nitrogens with one attached hydrogen (secondary N) is 1. The zero-order chi connectivity index (χ0) is 33.5. The molecule has 0 aliphatic heterocycles. The summed E-state index contributed by atoms with van der Waals surface area (Å²) in [6.07, 6.45) is 5.11. The molecule has 0 spiro atoms. The minimum absolute atomic E-state index is 0.0751. The first kappa shape index (κ1) is 34.6. The molecular weight excluding hydrogens is 572 g/mol. The highest BCUT2D eigenvalue weighted by Crippen LogP contribution is 2.63. The fourth-order valence-electron chi connectivity index (χ4n) is 9.90. The van der Waals surface area contributed by atoms with Gasteiger partial charge in [-0.1, -0.05) is 45.9 Å². The van der Waals surface area contributed by atoms with Crippen molar-refractivity contribution in [3.8, 4) is 16.9 Å². The summed E-state index contributed by atoms with van der Waals surface area (Å²) in [5.41, 5.74) is 5.04. The lowest BCUT2D eigenvalue weighted by atomic mass is 9.43. The summed E-state index contributed by atoms with van der Waals surface area (Å²) in [5.74, 6) is 3.93. The highest BCUT2D eigenvalue weighted by molar-refractivity contribution is 5.98. The summed E-state index contributed by atoms with van der Waals surface area (Å²) in [6.45, 7) is 11.4. The predicted octanol–water partition coefficient (Wildman–Crippen LogP) is 7.31. The van der Waals surface area contributed by atoms with Gasteiger partial charge in [-0.25, -0.2) is 0 Å². The number of aliphatic hydroxyl groups excluding tert-OH is 1. The molecule has 0 amide bonds. The van der Waals surface area contributed by atoms with Crippen LogP contribution >= 0.6 is 0 Å². The maximum Gasteiger partial charge on any atom is 0.162 e. The molecule has 0 saturated heterocycles. The fourth-order valence-corrected chi connectivity index (χ4v) is 9.90. The van der Waals surface area contributed by atoms with Gasteiger partial charge in [0.25, 0.3) is 0 Å². The van der Waals surface area contributed by atoms with Crippen LogP contribution in [0.1, 0.15) is 82.6 Å². The number of aliphatic hydroxyl groups is 1. The van der Waals surface area contributed by atoms with E-state index >= 15 is 0 Å². The van der Waals surface area contributed by atoms with Gasteiger partial charge in [0.15, 0.2) is 5.78 Å². The van der Waals surface area contributed by atoms with Crippen LogP contribution in [0.25, 0.3) is 11.1 Å². The van der Waals surface area contributed by atoms with Crippen LogP contribution < -0.4 is 15.0 Å². The van der Waals surface area contributed by atoms with Gasteiger partial charge in [-0.2, -0.15) is 0 Å². The Kier molecular flexibility index (Phi) is 10.4. The van der Waals surface area contributed by atoms with E-state index in [1.165, 1.54) is 6.42 Å². The average Bonchev–Trinajstić information content (AvgIpc) is 3.42. The van der Waals surface area contributed by atoms with E-state index in [1.807, 2.05) is 45.1 Å². The monoisotopic (exact) mass is 630 g/mol. The average molecular weight is 631 g/mol. The number of ketones is 2. The molecule has 0 radical (unpaired) electrons. The summed E-state index contributed by atoms with van der Waals surface area (Å²) in [7, 11) is 7.66. The number of anilines is 1. The van der Waals surface area contributed by atoms with Gasteiger partial charge in [-0.05, 0) is 116 Å². The van der Waals surface area contributed by atoms with Crippen LogP contribution in [0.3, 0.4) is 0 Å². The second-order valence-electron chi connectivity index (χ2n) is 15.6. The molecule has 6 heteroatoms. The molecule has 6 rings (SSSR count). The van der Waals surface area contributed by atoms with E-state index in [-0.39, 0.29) is 42.1 Å². The van der Waals surface area contributed by atoms with E-state index in [1.54, 1.807) is 7.11 Å². The Morgan fingerprint density at radius 2 is 1.83 bits per heavy atom. The topological polar surface area (TPSA) is 78.9 Å². The van der Waals surface area contributed by atoms with Crippen molar-refractivity contribution in [3.05, 3.63) is 47.5 Å². The zero-order valence-electron chi connectivity index (χ0n) is 29.7. The Labute approximate surface area is 277 Å². The van der Waals surface area contributed by atoms with Crippen LogP contribution in [0.15, 0.2) is 36.4 Å². The van der Waals surface area contributed by atoms with Crippen molar-refractivity contribution in [1.82, 2.24) is 5.32 Å². The second-order valence-corrected chi connectivity index (χ2v) is 15.6. The van der Waals surface area contributed by atoms with Crippen LogP contribution in [0.5, 0.6) is 5.75 Å². The van der Waals surface area contributed by atoms with Gasteiger partial charge in [-0.3, -0.25) is 9.59 Å². The largest absolute Gasteiger partial charge is 0.496 e. The number of para-hydroxylation sites is 1. The molecule has 2 aromatic carbocycles. The van der Waals surface area contributed by atoms with E-state index in [2.05, 4.69) is 57.3 Å². The van der Waals surface area contributed by atoms with Crippen molar-refractivity contribution in [2.75, 3.05) is 39.8 Å². The molecule has 0 aromatic heterocycles. The summed E-state index contributed by atoms with van der Waals surface area (Å²) in [5, 5.41) is 14.0. The van der Waals surface area contributed by atoms with Crippen molar-refractivity contribution in [2.24, 2.45) is 52.8 Å². The first-order valence-electron chi connectivity index (χ1n) is 17.7. The van der Waals surface area contributed by atoms with Crippen molar-refractivity contribution in [1.29, 1.82) is 0 Å². The number of fused-ring (bicyclic) bond motifs is 2. The SMILES string of the molecule is CCC(=O)c1cc(-c2cccc(CC3C[C@@H](CO)[C@@H](C(C)NC)[C@H]3C(=O)C[C@H]3C[C@H]4C[C@@H]([C@@H]3C)C4(C)C)c2OC)cc(N(C)C)c1. The van der Waals surface area contributed by atoms with Gasteiger partial charge in [0.05, 0.1) is 7.11 Å². The van der Waals surface area contributed by atoms with Crippen LogP contribution in [0.2, 0.25) is 0 Å². The molecule has 4 saturated carbocycles. The fraction of sp³-hybridized carbons (Fsp3) is 0.650. The van der Waals surface area contributed by atoms with Gasteiger partial charge in [0, 0.05) is 62.3 Å². The van der Waals surface area contributed by atoms with E-state index < -0.39 is 0 Å². The Morgan fingerprint density at radius 3 is 2.41 bits per heavy atom. The molecule has 0 heterocycles. The number of rotatable bonds is 13. The van der Waals surface area contributed by atoms with E-state index in [0.29, 0.717) is 53.8 Å². The first-order chi connectivity index (χ1) is 21.9. The molecule has 4 aliphatic carbocycles. The second kappa shape index (κ2) is 13.8. The maximum absolute atomic E-state index is 14.5. The van der Waals surface area contributed by atoms with E-state index in [4.69, 9.17) is 4.74 Å². The molecule has 9 atom stereocenters. The van der Waals surface area contributed by atoms with Crippen LogP contribution in [0, 0.1) is 52.8 Å². The predicted molar refractivity (Wildman–Crippen MR) is 188 cm³/mol. The summed E-state index contributed by atoms with van der Waals surface area (Å²) in [6, 6.07) is 12.4. The molecule has 2 bridgehead atoms. The van der Waals surface area contributed by atoms with Gasteiger partial charge in [0.1, 0.15) is 11.5 Å². The maximum atomic E-state index is 14.5. The third-order valence-corrected chi connectivity index (χ3v) is 12.9. The lowest BCUT2D eigenvalue weighted by Crippen LogP contribution is -2.55. The van der Waals surface area contributed by atoms with Crippen molar-refractivity contribution in [3.63, 3.8) is 0 Å². The number of benzene rings is 2. The summed E-state index contributed by atoms with van der Waals surface area (Å²) in [4.78, 5) is 29.4. The quantitative estimate of drug-likeness (QED) is 0.226. The number of methoxy groups -OCH3 is 1. The molecule has 6 nitrogen and oxygen atoms in total. The zero-order valence-corrected chi connectivity index (χ0v) is 29.7. The standard InChI is InChI=1S/C40H58N2O4/c1-10-35(44)28-15-27(18-32(19-28)42(7)8)33-13-11-12-25(39(33)46-9)14-29-16-30(22-43)37(24(3)41-6)38(29)36(45)20-26-17-31-21-34(23(26)2)40(31,4)5/h11-13,15,18-19,23-24,26,29-31,34,37-38,41,43H,10,14,16-17,20-22H2,1-9H3/t23-,24?,26-,29?,30+,31+,34+,37-,38-/m1/s1. The summed E-state index contributed by atoms with van der Waals surface area (Å²) >= 11 is 0. The molecule has 4 fully saturated rings. The highest BCUT2D eigenvalue weighted by Gasteiger charge is 2.57. The number of hydrogen-bond donors (Lipinski definition) is 2. The van der Waals surface area contributed by atoms with Gasteiger partial charge in [0.2, 0.25) is 0 Å². The number of carbonyl (C=O) groups excluding carboxylic acids is 2. The van der Waals surface area contributed by atoms with Gasteiger partial charge in [-0.15, -0.1) is 0 Å². The third kappa shape index (κ3) is 6.29. The molecule has 2 aromatic rings. The number of carbonyl (C=O) groups is 2. The number of hydrogen-bond acceptors (Lipinski definition) is 6. The Balaban J connectivity index is 1.48. The number of Topliss-reactive ketones (excluding diaryl/α,β-unsaturated/α-hetero) is 2. The highest BCUT2D eigenvalue weighted by atomic mass is 16.5. The minimum atomic E-state index is -0.114. The molecule has 46 heavy (non-hydrogen) atoms. The Morgan fingerprint density at radius 1 is 1.09 bits per heavy atom. The Hall–Kier alpha value is -2.70. The van der Waals surface area contributed by atoms with Crippen molar-refractivity contribution >= 4 is 17.3 Å². The third-order valence-electron chi connectivity index (χ3n) is 12.9. The first-order valence-corrected chi connectivity index (χ1v) is 17.7. The van der Waals surface area contributed by atoms with Gasteiger partial charge < -0.3 is 20.1 Å². The lowest BCUT2D eigenvalue weighted by Gasteiger charge is -2.62. The minimum Gasteiger partial charge on any atom is -0.496 e. The van der Waals surface area contributed by atoms with Gasteiger partial charge >= 0.3 is 0 Å². The lowest BCUT2D eigenvalue weighted by molar-refractivity contribution is -0.143. The normalized spacial score (nSPS) is 30.4. The molecule has 2 N–H and O–H groups in total. The van der Waals surface area contributed by atoms with Crippen LogP contribution in [-0.2, 0) is 11.2 Å². The number of nitrogens with zero attached hydrogens (tertiary/aromatic N) is 1. The van der Waals surface area contributed by atoms with Crippen molar-refractivity contribution in [2.45, 2.75) is 79.2 Å². The van der Waals surface area contributed by atoms with Crippen LogP contribution in [0.4, 0.5) is 5.69 Å². The van der Waals surface area contributed by atoms with E-state index in [9.17, 15) is 14.7 Å².